The molecule has 2 rings (SSSR count). The van der Waals surface area contributed by atoms with E-state index in [2.05, 4.69) is 5.32 Å². The predicted molar refractivity (Wildman–Crippen MR) is 66.3 cm³/mol. The first-order valence-corrected chi connectivity index (χ1v) is 5.50. The van der Waals surface area contributed by atoms with Gasteiger partial charge in [0.25, 0.3) is 0 Å². The van der Waals surface area contributed by atoms with Crippen LogP contribution in [-0.2, 0) is 4.79 Å². The van der Waals surface area contributed by atoms with E-state index in [1.165, 1.54) is 21.3 Å². The maximum absolute atomic E-state index is 11.5. The van der Waals surface area contributed by atoms with E-state index >= 15 is 0 Å². The first kappa shape index (κ1) is 12.5. The second-order valence-electron chi connectivity index (χ2n) is 3.97. The van der Waals surface area contributed by atoms with Crippen LogP contribution in [0.2, 0.25) is 0 Å². The van der Waals surface area contributed by atoms with Crippen LogP contribution in [-0.4, -0.2) is 27.2 Å². The number of carbonyl (C=O) groups is 1. The standard InChI is InChI=1S/C12H16N2O4/c1-16-8-4-6-7(13)5-9(15)14-10(6)12(18-3)11(8)17-2/h4,7H,5,13H2,1-3H3,(H,14,15). The zero-order valence-corrected chi connectivity index (χ0v) is 10.6. The Morgan fingerprint density at radius 2 is 1.89 bits per heavy atom. The molecule has 0 radical (unpaired) electrons. The van der Waals surface area contributed by atoms with Gasteiger partial charge in [-0.1, -0.05) is 0 Å². The first-order valence-electron chi connectivity index (χ1n) is 5.50. The number of rotatable bonds is 3. The average molecular weight is 252 g/mol. The molecule has 0 bridgehead atoms. The molecule has 6 heteroatoms. The van der Waals surface area contributed by atoms with E-state index < -0.39 is 0 Å². The van der Waals surface area contributed by atoms with E-state index in [9.17, 15) is 4.79 Å². The Hall–Kier alpha value is -1.95. The van der Waals surface area contributed by atoms with Crippen LogP contribution in [0, 0.1) is 0 Å². The van der Waals surface area contributed by atoms with E-state index in [1.54, 1.807) is 6.07 Å². The molecule has 0 fully saturated rings. The zero-order chi connectivity index (χ0) is 13.3. The van der Waals surface area contributed by atoms with Crippen molar-refractivity contribution < 1.29 is 19.0 Å². The van der Waals surface area contributed by atoms with Crippen molar-refractivity contribution in [2.24, 2.45) is 5.73 Å². The highest BCUT2D eigenvalue weighted by Gasteiger charge is 2.29. The van der Waals surface area contributed by atoms with Gasteiger partial charge < -0.3 is 25.3 Å². The van der Waals surface area contributed by atoms with Crippen LogP contribution in [0.4, 0.5) is 5.69 Å². The van der Waals surface area contributed by atoms with Crippen LogP contribution >= 0.6 is 0 Å². The quantitative estimate of drug-likeness (QED) is 0.840. The van der Waals surface area contributed by atoms with Gasteiger partial charge in [-0.25, -0.2) is 0 Å². The minimum atomic E-state index is -0.373. The van der Waals surface area contributed by atoms with Gasteiger partial charge in [0.1, 0.15) is 0 Å². The Balaban J connectivity index is 2.67. The molecule has 98 valence electrons. The molecule has 1 amide bonds. The molecule has 1 heterocycles. The molecular weight excluding hydrogens is 236 g/mol. The van der Waals surface area contributed by atoms with Crippen LogP contribution < -0.4 is 25.3 Å². The van der Waals surface area contributed by atoms with Crippen molar-refractivity contribution in [3.05, 3.63) is 11.6 Å². The van der Waals surface area contributed by atoms with Crippen LogP contribution in [0.25, 0.3) is 0 Å². The number of hydrogen-bond donors (Lipinski definition) is 2. The van der Waals surface area contributed by atoms with Crippen molar-refractivity contribution in [1.82, 2.24) is 0 Å². The van der Waals surface area contributed by atoms with Gasteiger partial charge >= 0.3 is 0 Å². The molecule has 1 aliphatic rings. The third-order valence-electron chi connectivity index (χ3n) is 2.93. The summed E-state index contributed by atoms with van der Waals surface area (Å²) in [6.07, 6.45) is 0.242. The number of amides is 1. The third kappa shape index (κ3) is 1.84. The summed E-state index contributed by atoms with van der Waals surface area (Å²) in [5, 5.41) is 2.76. The van der Waals surface area contributed by atoms with Crippen LogP contribution in [0.3, 0.4) is 0 Å². The fourth-order valence-corrected chi connectivity index (χ4v) is 2.10. The maximum Gasteiger partial charge on any atom is 0.226 e. The number of benzene rings is 1. The Labute approximate surface area is 105 Å². The molecule has 0 saturated carbocycles. The summed E-state index contributed by atoms with van der Waals surface area (Å²) in [7, 11) is 4.55. The van der Waals surface area contributed by atoms with Gasteiger partial charge in [-0.3, -0.25) is 4.79 Å². The summed E-state index contributed by atoms with van der Waals surface area (Å²) in [6.45, 7) is 0. The second-order valence-corrected chi connectivity index (χ2v) is 3.97. The van der Waals surface area contributed by atoms with Crippen molar-refractivity contribution in [3.8, 4) is 17.2 Å². The van der Waals surface area contributed by atoms with Crippen molar-refractivity contribution in [2.75, 3.05) is 26.6 Å². The number of fused-ring (bicyclic) bond motifs is 1. The first-order chi connectivity index (χ1) is 8.62. The van der Waals surface area contributed by atoms with E-state index in [4.69, 9.17) is 19.9 Å². The lowest BCUT2D eigenvalue weighted by Crippen LogP contribution is -2.27. The normalized spacial score (nSPS) is 17.8. The molecule has 6 nitrogen and oxygen atoms in total. The monoisotopic (exact) mass is 252 g/mol. The summed E-state index contributed by atoms with van der Waals surface area (Å²) in [5.74, 6) is 1.25. The molecule has 1 aliphatic heterocycles. The summed E-state index contributed by atoms with van der Waals surface area (Å²) >= 11 is 0. The van der Waals surface area contributed by atoms with Gasteiger partial charge in [0.15, 0.2) is 11.5 Å². The largest absolute Gasteiger partial charge is 0.493 e. The smallest absolute Gasteiger partial charge is 0.226 e. The number of hydrogen-bond acceptors (Lipinski definition) is 5. The van der Waals surface area contributed by atoms with Crippen molar-refractivity contribution in [1.29, 1.82) is 0 Å². The van der Waals surface area contributed by atoms with Crippen LogP contribution in [0.1, 0.15) is 18.0 Å². The van der Waals surface area contributed by atoms with E-state index in [0.717, 1.165) is 5.56 Å². The number of anilines is 1. The predicted octanol–water partition coefficient (Wildman–Crippen LogP) is 1.05. The molecule has 3 N–H and O–H groups in total. The van der Waals surface area contributed by atoms with Crippen molar-refractivity contribution >= 4 is 11.6 Å². The highest BCUT2D eigenvalue weighted by molar-refractivity contribution is 5.97. The number of nitrogens with one attached hydrogen (secondary N) is 1. The lowest BCUT2D eigenvalue weighted by atomic mass is 9.97. The summed E-state index contributed by atoms with van der Waals surface area (Å²) in [6, 6.07) is 1.39. The summed E-state index contributed by atoms with van der Waals surface area (Å²) in [4.78, 5) is 11.5. The van der Waals surface area contributed by atoms with E-state index in [-0.39, 0.29) is 18.4 Å². The molecule has 0 spiro atoms. The lowest BCUT2D eigenvalue weighted by Gasteiger charge is -2.26. The van der Waals surface area contributed by atoms with Gasteiger partial charge in [0.2, 0.25) is 11.7 Å². The van der Waals surface area contributed by atoms with Gasteiger partial charge in [0, 0.05) is 18.0 Å². The SMILES string of the molecule is COc1cc2c(c(OC)c1OC)NC(=O)CC2N. The van der Waals surface area contributed by atoms with Crippen molar-refractivity contribution in [2.45, 2.75) is 12.5 Å². The molecule has 1 unspecified atom stereocenters. The molecule has 1 aromatic carbocycles. The van der Waals surface area contributed by atoms with Crippen molar-refractivity contribution in [3.63, 3.8) is 0 Å². The Bertz CT molecular complexity index is 487. The van der Waals surface area contributed by atoms with Gasteiger partial charge in [0.05, 0.1) is 27.0 Å². The van der Waals surface area contributed by atoms with Gasteiger partial charge in [-0.2, -0.15) is 0 Å². The van der Waals surface area contributed by atoms with E-state index in [0.29, 0.717) is 22.9 Å². The topological polar surface area (TPSA) is 82.8 Å². The number of carbonyl (C=O) groups excluding carboxylic acids is 1. The molecular formula is C12H16N2O4. The minimum absolute atomic E-state index is 0.138. The Morgan fingerprint density at radius 3 is 2.44 bits per heavy atom. The molecule has 1 aromatic rings. The highest BCUT2D eigenvalue weighted by Crippen LogP contribution is 2.48. The minimum Gasteiger partial charge on any atom is -0.493 e. The third-order valence-corrected chi connectivity index (χ3v) is 2.93. The Morgan fingerprint density at radius 1 is 1.22 bits per heavy atom. The Kier molecular flexibility index (Phi) is 3.29. The number of nitrogens with two attached hydrogens (primary N) is 1. The molecule has 0 aromatic heterocycles. The molecule has 18 heavy (non-hydrogen) atoms. The lowest BCUT2D eigenvalue weighted by molar-refractivity contribution is -0.116. The maximum atomic E-state index is 11.5. The number of methoxy groups -OCH3 is 3. The van der Waals surface area contributed by atoms with Gasteiger partial charge in [-0.05, 0) is 6.07 Å². The van der Waals surface area contributed by atoms with Gasteiger partial charge in [-0.15, -0.1) is 0 Å². The van der Waals surface area contributed by atoms with Crippen LogP contribution in [0.5, 0.6) is 17.2 Å². The fourth-order valence-electron chi connectivity index (χ4n) is 2.10. The fraction of sp³-hybridized carbons (Fsp3) is 0.417. The number of ether oxygens (including phenoxy) is 3. The zero-order valence-electron chi connectivity index (χ0n) is 10.6. The summed E-state index contributed by atoms with van der Waals surface area (Å²) in [5.41, 5.74) is 7.30. The average Bonchev–Trinajstić information content (AvgIpc) is 2.36. The van der Waals surface area contributed by atoms with E-state index in [1.807, 2.05) is 0 Å². The second kappa shape index (κ2) is 4.73. The highest BCUT2D eigenvalue weighted by atomic mass is 16.5. The molecule has 0 saturated heterocycles. The molecule has 0 aliphatic carbocycles. The van der Waals surface area contributed by atoms with Crippen LogP contribution in [0.15, 0.2) is 6.07 Å². The summed E-state index contributed by atoms with van der Waals surface area (Å²) < 4.78 is 15.8. The molecule has 1 atom stereocenters.